The molecule has 3 aromatic rings. The van der Waals surface area contributed by atoms with Gasteiger partial charge < -0.3 is 10.3 Å². The quantitative estimate of drug-likeness (QED) is 0.729. The SMILES string of the molecule is C[C@H]1CCc2c(sc3nc([C@@H](C)Nc4ccc(F)cc4)[nH]c(=O)c23)C1. The van der Waals surface area contributed by atoms with E-state index in [1.54, 1.807) is 23.5 Å². The van der Waals surface area contributed by atoms with E-state index in [0.717, 1.165) is 35.2 Å². The second kappa shape index (κ2) is 6.26. The van der Waals surface area contributed by atoms with Crippen LogP contribution in [0.25, 0.3) is 10.2 Å². The molecule has 0 radical (unpaired) electrons. The standard InChI is InChI=1S/C19H20FN3OS/c1-10-3-8-14-15(9-10)25-19-16(14)18(24)22-17(23-19)11(2)21-13-6-4-12(20)5-7-13/h4-7,10-11,21H,3,8-9H2,1-2H3,(H,22,23,24)/t10-,11+/m0/s1. The molecular formula is C19H20FN3OS. The number of halogens is 1. The summed E-state index contributed by atoms with van der Waals surface area (Å²) in [6.07, 6.45) is 3.13. The number of aromatic amines is 1. The molecule has 2 aromatic heterocycles. The Morgan fingerprint density at radius 1 is 1.36 bits per heavy atom. The second-order valence-electron chi connectivity index (χ2n) is 6.86. The van der Waals surface area contributed by atoms with Gasteiger partial charge in [-0.1, -0.05) is 6.92 Å². The molecule has 4 rings (SSSR count). The van der Waals surface area contributed by atoms with E-state index in [9.17, 15) is 9.18 Å². The fraction of sp³-hybridized carbons (Fsp3) is 0.368. The van der Waals surface area contributed by atoms with Crippen LogP contribution in [0.3, 0.4) is 0 Å². The van der Waals surface area contributed by atoms with Crippen molar-refractivity contribution >= 4 is 27.2 Å². The van der Waals surface area contributed by atoms with E-state index in [1.807, 2.05) is 6.92 Å². The van der Waals surface area contributed by atoms with Gasteiger partial charge in [0, 0.05) is 10.6 Å². The highest BCUT2D eigenvalue weighted by atomic mass is 32.1. The van der Waals surface area contributed by atoms with Crippen molar-refractivity contribution in [1.82, 2.24) is 9.97 Å². The minimum absolute atomic E-state index is 0.0557. The molecule has 2 heterocycles. The van der Waals surface area contributed by atoms with Crippen LogP contribution in [0, 0.1) is 11.7 Å². The van der Waals surface area contributed by atoms with Gasteiger partial charge in [-0.2, -0.15) is 0 Å². The summed E-state index contributed by atoms with van der Waals surface area (Å²) in [6.45, 7) is 4.19. The number of rotatable bonds is 3. The number of thiophene rings is 1. The minimum atomic E-state index is -0.274. The number of fused-ring (bicyclic) bond motifs is 3. The normalized spacial score (nSPS) is 18.1. The van der Waals surface area contributed by atoms with Crippen LogP contribution in [0.5, 0.6) is 0 Å². The van der Waals surface area contributed by atoms with Gasteiger partial charge >= 0.3 is 0 Å². The zero-order valence-electron chi connectivity index (χ0n) is 14.2. The largest absolute Gasteiger partial charge is 0.375 e. The lowest BCUT2D eigenvalue weighted by atomic mass is 9.89. The van der Waals surface area contributed by atoms with Crippen LogP contribution in [0.1, 0.15) is 42.6 Å². The summed E-state index contributed by atoms with van der Waals surface area (Å²) in [5.74, 6) is 0.996. The van der Waals surface area contributed by atoms with Gasteiger partial charge in [0.1, 0.15) is 16.5 Å². The van der Waals surface area contributed by atoms with Crippen molar-refractivity contribution in [3.8, 4) is 0 Å². The maximum absolute atomic E-state index is 13.0. The molecule has 130 valence electrons. The van der Waals surface area contributed by atoms with E-state index >= 15 is 0 Å². The Bertz CT molecular complexity index is 977. The van der Waals surface area contributed by atoms with Gasteiger partial charge in [-0.05, 0) is 61.9 Å². The Balaban J connectivity index is 1.68. The Labute approximate surface area is 149 Å². The maximum atomic E-state index is 13.0. The summed E-state index contributed by atoms with van der Waals surface area (Å²) >= 11 is 1.65. The van der Waals surface area contributed by atoms with Crippen LogP contribution in [0.15, 0.2) is 29.1 Å². The zero-order chi connectivity index (χ0) is 17.6. The van der Waals surface area contributed by atoms with Gasteiger partial charge in [0.15, 0.2) is 0 Å². The van der Waals surface area contributed by atoms with E-state index in [2.05, 4.69) is 17.2 Å². The first kappa shape index (κ1) is 16.3. The molecule has 0 saturated heterocycles. The number of anilines is 1. The van der Waals surface area contributed by atoms with Crippen LogP contribution in [-0.2, 0) is 12.8 Å². The average molecular weight is 357 g/mol. The van der Waals surface area contributed by atoms with Gasteiger partial charge in [0.2, 0.25) is 0 Å². The monoisotopic (exact) mass is 357 g/mol. The molecule has 0 spiro atoms. The number of nitrogens with one attached hydrogen (secondary N) is 2. The van der Waals surface area contributed by atoms with Crippen molar-refractivity contribution < 1.29 is 4.39 Å². The van der Waals surface area contributed by atoms with E-state index in [0.29, 0.717) is 11.7 Å². The van der Waals surface area contributed by atoms with Crippen LogP contribution < -0.4 is 10.9 Å². The lowest BCUT2D eigenvalue weighted by molar-refractivity contribution is 0.509. The molecule has 2 N–H and O–H groups in total. The number of nitrogens with zero attached hydrogens (tertiary/aromatic N) is 1. The molecule has 1 aliphatic carbocycles. The number of benzene rings is 1. The second-order valence-corrected chi connectivity index (χ2v) is 7.94. The van der Waals surface area contributed by atoms with Crippen LogP contribution >= 0.6 is 11.3 Å². The third kappa shape index (κ3) is 3.06. The Morgan fingerprint density at radius 2 is 2.12 bits per heavy atom. The van der Waals surface area contributed by atoms with Crippen molar-refractivity contribution in [3.05, 3.63) is 56.7 Å². The summed E-state index contributed by atoms with van der Waals surface area (Å²) in [4.78, 5) is 22.4. The third-order valence-corrected chi connectivity index (χ3v) is 5.97. The summed E-state index contributed by atoms with van der Waals surface area (Å²) in [7, 11) is 0. The lowest BCUT2D eigenvalue weighted by Gasteiger charge is -2.17. The molecule has 0 saturated carbocycles. The van der Waals surface area contributed by atoms with Crippen molar-refractivity contribution in [2.75, 3.05) is 5.32 Å². The molecule has 4 nitrogen and oxygen atoms in total. The van der Waals surface area contributed by atoms with E-state index in [1.165, 1.54) is 22.6 Å². The highest BCUT2D eigenvalue weighted by Gasteiger charge is 2.23. The van der Waals surface area contributed by atoms with E-state index in [4.69, 9.17) is 4.98 Å². The van der Waals surface area contributed by atoms with Crippen molar-refractivity contribution in [1.29, 1.82) is 0 Å². The molecule has 0 amide bonds. The van der Waals surface area contributed by atoms with E-state index in [-0.39, 0.29) is 17.4 Å². The molecule has 0 unspecified atom stereocenters. The fourth-order valence-electron chi connectivity index (χ4n) is 3.44. The first-order valence-corrected chi connectivity index (χ1v) is 9.39. The Kier molecular flexibility index (Phi) is 4.07. The summed E-state index contributed by atoms with van der Waals surface area (Å²) in [5.41, 5.74) is 1.92. The molecule has 0 fully saturated rings. The smallest absolute Gasteiger partial charge is 0.259 e. The Morgan fingerprint density at radius 3 is 2.88 bits per heavy atom. The van der Waals surface area contributed by atoms with Crippen molar-refractivity contribution in [2.45, 2.75) is 39.2 Å². The lowest BCUT2D eigenvalue weighted by Crippen LogP contribution is -2.18. The number of aromatic nitrogens is 2. The van der Waals surface area contributed by atoms with Crippen LogP contribution in [0.4, 0.5) is 10.1 Å². The summed E-state index contributed by atoms with van der Waals surface area (Å²) in [6, 6.07) is 5.98. The first-order valence-electron chi connectivity index (χ1n) is 8.58. The van der Waals surface area contributed by atoms with Gasteiger partial charge in [-0.25, -0.2) is 9.37 Å². The fourth-order valence-corrected chi connectivity index (χ4v) is 4.83. The van der Waals surface area contributed by atoms with E-state index < -0.39 is 0 Å². The number of aryl methyl sites for hydroxylation is 1. The zero-order valence-corrected chi connectivity index (χ0v) is 15.0. The molecule has 1 aliphatic rings. The molecule has 6 heteroatoms. The van der Waals surface area contributed by atoms with Gasteiger partial charge in [-0.15, -0.1) is 11.3 Å². The van der Waals surface area contributed by atoms with Crippen molar-refractivity contribution in [3.63, 3.8) is 0 Å². The van der Waals surface area contributed by atoms with Crippen LogP contribution in [-0.4, -0.2) is 9.97 Å². The molecule has 25 heavy (non-hydrogen) atoms. The van der Waals surface area contributed by atoms with Crippen molar-refractivity contribution in [2.24, 2.45) is 5.92 Å². The van der Waals surface area contributed by atoms with Crippen LogP contribution in [0.2, 0.25) is 0 Å². The number of hydrogen-bond acceptors (Lipinski definition) is 4. The predicted octanol–water partition coefficient (Wildman–Crippen LogP) is 4.42. The topological polar surface area (TPSA) is 57.8 Å². The molecular weight excluding hydrogens is 337 g/mol. The minimum Gasteiger partial charge on any atom is -0.375 e. The highest BCUT2D eigenvalue weighted by molar-refractivity contribution is 7.18. The first-order chi connectivity index (χ1) is 12.0. The highest BCUT2D eigenvalue weighted by Crippen LogP contribution is 2.35. The maximum Gasteiger partial charge on any atom is 0.259 e. The molecule has 0 aliphatic heterocycles. The number of hydrogen-bond donors (Lipinski definition) is 2. The molecule has 2 atom stereocenters. The molecule has 0 bridgehead atoms. The average Bonchev–Trinajstić information content (AvgIpc) is 2.94. The van der Waals surface area contributed by atoms with Gasteiger partial charge in [0.25, 0.3) is 5.56 Å². The van der Waals surface area contributed by atoms with Gasteiger partial charge in [-0.3, -0.25) is 4.79 Å². The third-order valence-electron chi connectivity index (χ3n) is 4.82. The Hall–Kier alpha value is -2.21. The summed E-state index contributed by atoms with van der Waals surface area (Å²) in [5, 5.41) is 4.02. The number of H-pyrrole nitrogens is 1. The van der Waals surface area contributed by atoms with Gasteiger partial charge in [0.05, 0.1) is 11.4 Å². The molecule has 1 aromatic carbocycles. The predicted molar refractivity (Wildman–Crippen MR) is 99.9 cm³/mol. The summed E-state index contributed by atoms with van der Waals surface area (Å²) < 4.78 is 13.0.